The second-order valence-electron chi connectivity index (χ2n) is 6.35. The van der Waals surface area contributed by atoms with E-state index < -0.39 is 28.3 Å². The first kappa shape index (κ1) is 19.7. The van der Waals surface area contributed by atoms with Gasteiger partial charge in [-0.2, -0.15) is 0 Å². The number of halogens is 3. The van der Waals surface area contributed by atoms with Crippen molar-refractivity contribution in [1.82, 2.24) is 0 Å². The fraction of sp³-hybridized carbons (Fsp3) is 0.0500. The summed E-state index contributed by atoms with van der Waals surface area (Å²) in [6.45, 7) is -0.472. The van der Waals surface area contributed by atoms with E-state index >= 15 is 0 Å². The van der Waals surface area contributed by atoms with Gasteiger partial charge in [-0.05, 0) is 42.5 Å². The van der Waals surface area contributed by atoms with Crippen molar-refractivity contribution in [3.63, 3.8) is 0 Å². The highest BCUT2D eigenvalue weighted by molar-refractivity contribution is 7.93. The average Bonchev–Trinajstić information content (AvgIpc) is 2.68. The molecule has 1 aliphatic rings. The molecular weight excluding hydrogens is 438 g/mol. The van der Waals surface area contributed by atoms with Crippen molar-refractivity contribution in [3.05, 3.63) is 76.5 Å². The van der Waals surface area contributed by atoms with E-state index in [9.17, 15) is 17.6 Å². The van der Waals surface area contributed by atoms with Crippen molar-refractivity contribution < 1.29 is 17.6 Å². The van der Waals surface area contributed by atoms with Crippen molar-refractivity contribution in [1.29, 1.82) is 0 Å². The maximum absolute atomic E-state index is 13.3. The first-order valence-corrected chi connectivity index (χ1v) is 10.6. The van der Waals surface area contributed by atoms with Gasteiger partial charge in [0.2, 0.25) is 5.91 Å². The maximum atomic E-state index is 13.3. The van der Waals surface area contributed by atoms with Crippen LogP contribution < -0.4 is 9.62 Å². The van der Waals surface area contributed by atoms with E-state index in [0.717, 1.165) is 10.4 Å². The minimum absolute atomic E-state index is 0.0902. The summed E-state index contributed by atoms with van der Waals surface area (Å²) in [7, 11) is -3.97. The predicted octanol–water partition coefficient (Wildman–Crippen LogP) is 4.95. The Hall–Kier alpha value is -2.61. The normalized spacial score (nSPS) is 14.1. The third-order valence-corrected chi connectivity index (χ3v) is 6.81. The smallest absolute Gasteiger partial charge is 0.265 e. The number of benzene rings is 3. The molecule has 9 heteroatoms. The van der Waals surface area contributed by atoms with Crippen molar-refractivity contribution in [2.45, 2.75) is 4.90 Å². The molecule has 0 bridgehead atoms. The van der Waals surface area contributed by atoms with E-state index in [1.807, 2.05) is 0 Å². The number of fused-ring (bicyclic) bond motifs is 3. The van der Waals surface area contributed by atoms with Gasteiger partial charge in [0.05, 0.1) is 15.6 Å². The largest absolute Gasteiger partial charge is 0.324 e. The summed E-state index contributed by atoms with van der Waals surface area (Å²) in [5, 5.41) is 2.84. The second-order valence-corrected chi connectivity index (χ2v) is 9.02. The van der Waals surface area contributed by atoms with Gasteiger partial charge in [0.25, 0.3) is 10.0 Å². The van der Waals surface area contributed by atoms with Crippen LogP contribution in [0.1, 0.15) is 0 Å². The summed E-state index contributed by atoms with van der Waals surface area (Å²) in [5.41, 5.74) is 1.74. The van der Waals surface area contributed by atoms with Gasteiger partial charge in [0.1, 0.15) is 12.4 Å². The Kier molecular flexibility index (Phi) is 4.98. The summed E-state index contributed by atoms with van der Waals surface area (Å²) in [6, 6.07) is 15.0. The van der Waals surface area contributed by atoms with Crippen LogP contribution in [0.4, 0.5) is 15.8 Å². The monoisotopic (exact) mass is 450 g/mol. The molecule has 0 aliphatic carbocycles. The highest BCUT2D eigenvalue weighted by atomic mass is 35.5. The van der Waals surface area contributed by atoms with E-state index in [-0.39, 0.29) is 15.6 Å². The predicted molar refractivity (Wildman–Crippen MR) is 111 cm³/mol. The Morgan fingerprint density at radius 1 is 1.00 bits per heavy atom. The lowest BCUT2D eigenvalue weighted by Crippen LogP contribution is -2.40. The SMILES string of the molecule is O=C(CN1c2ccc(Cl)cc2-c2ccccc2S1(=O)=O)Nc1ccc(F)c(Cl)c1. The van der Waals surface area contributed by atoms with E-state index in [1.165, 1.54) is 18.2 Å². The molecule has 0 aromatic heterocycles. The molecule has 0 spiro atoms. The molecule has 0 saturated heterocycles. The lowest BCUT2D eigenvalue weighted by Gasteiger charge is -2.31. The second kappa shape index (κ2) is 7.33. The molecule has 1 heterocycles. The van der Waals surface area contributed by atoms with Crippen LogP contribution >= 0.6 is 23.2 Å². The van der Waals surface area contributed by atoms with E-state index in [2.05, 4.69) is 5.32 Å². The molecule has 29 heavy (non-hydrogen) atoms. The van der Waals surface area contributed by atoms with Gasteiger partial charge >= 0.3 is 0 Å². The Morgan fingerprint density at radius 3 is 2.52 bits per heavy atom. The first-order valence-electron chi connectivity index (χ1n) is 8.44. The molecule has 0 fully saturated rings. The van der Waals surface area contributed by atoms with E-state index in [4.69, 9.17) is 23.2 Å². The number of amides is 1. The summed E-state index contributed by atoms with van der Waals surface area (Å²) in [4.78, 5) is 12.7. The molecule has 0 unspecified atom stereocenters. The topological polar surface area (TPSA) is 66.5 Å². The van der Waals surface area contributed by atoms with Crippen LogP contribution in [0.5, 0.6) is 0 Å². The van der Waals surface area contributed by atoms with E-state index in [0.29, 0.717) is 21.8 Å². The van der Waals surface area contributed by atoms with Gasteiger partial charge in [0.15, 0.2) is 0 Å². The molecule has 1 N–H and O–H groups in total. The highest BCUT2D eigenvalue weighted by Crippen LogP contribution is 2.43. The maximum Gasteiger partial charge on any atom is 0.265 e. The molecule has 1 amide bonds. The minimum Gasteiger partial charge on any atom is -0.324 e. The number of nitrogens with zero attached hydrogens (tertiary/aromatic N) is 1. The van der Waals surface area contributed by atoms with Gasteiger partial charge < -0.3 is 5.32 Å². The molecule has 1 aliphatic heterocycles. The molecule has 3 aromatic carbocycles. The number of anilines is 2. The summed E-state index contributed by atoms with van der Waals surface area (Å²) in [6.07, 6.45) is 0. The fourth-order valence-corrected chi connectivity index (χ4v) is 5.18. The zero-order chi connectivity index (χ0) is 20.8. The highest BCUT2D eigenvalue weighted by Gasteiger charge is 2.35. The summed E-state index contributed by atoms with van der Waals surface area (Å²) >= 11 is 11.8. The molecule has 3 aromatic rings. The van der Waals surface area contributed by atoms with Crippen LogP contribution in [0.3, 0.4) is 0 Å². The quantitative estimate of drug-likeness (QED) is 0.613. The number of carbonyl (C=O) groups is 1. The number of nitrogens with one attached hydrogen (secondary N) is 1. The molecule has 4 rings (SSSR count). The average molecular weight is 451 g/mol. The van der Waals surface area contributed by atoms with Gasteiger partial charge in [-0.25, -0.2) is 12.8 Å². The number of carbonyl (C=O) groups excluding carboxylic acids is 1. The van der Waals surface area contributed by atoms with Gasteiger partial charge in [0, 0.05) is 21.8 Å². The minimum atomic E-state index is -3.97. The van der Waals surface area contributed by atoms with Crippen LogP contribution in [-0.4, -0.2) is 20.9 Å². The molecule has 148 valence electrons. The molecule has 5 nitrogen and oxygen atoms in total. The third-order valence-electron chi connectivity index (χ3n) is 4.46. The first-order chi connectivity index (χ1) is 13.8. The molecule has 0 atom stereocenters. The van der Waals surface area contributed by atoms with Crippen molar-refractivity contribution >= 4 is 50.5 Å². The Morgan fingerprint density at radius 2 is 1.76 bits per heavy atom. The number of hydrogen-bond donors (Lipinski definition) is 1. The fourth-order valence-electron chi connectivity index (χ4n) is 3.18. The third kappa shape index (κ3) is 3.57. The summed E-state index contributed by atoms with van der Waals surface area (Å²) < 4.78 is 40.7. The van der Waals surface area contributed by atoms with Crippen molar-refractivity contribution in [2.24, 2.45) is 0 Å². The number of rotatable bonds is 3. The van der Waals surface area contributed by atoms with Gasteiger partial charge in [-0.3, -0.25) is 9.10 Å². The van der Waals surface area contributed by atoms with Crippen molar-refractivity contribution in [3.8, 4) is 11.1 Å². The van der Waals surface area contributed by atoms with Gasteiger partial charge in [-0.15, -0.1) is 0 Å². The number of hydrogen-bond acceptors (Lipinski definition) is 3. The van der Waals surface area contributed by atoms with Crippen molar-refractivity contribution in [2.75, 3.05) is 16.2 Å². The van der Waals surface area contributed by atoms with Crippen LogP contribution in [0.15, 0.2) is 65.6 Å². The lowest BCUT2D eigenvalue weighted by molar-refractivity contribution is -0.114. The zero-order valence-electron chi connectivity index (χ0n) is 14.7. The van der Waals surface area contributed by atoms with Crippen LogP contribution in [0.25, 0.3) is 11.1 Å². The Balaban J connectivity index is 1.72. The molecule has 0 radical (unpaired) electrons. The number of sulfonamides is 1. The standard InChI is InChI=1S/C20H13Cl2FN2O3S/c21-12-5-8-18-15(9-12)14-3-1-2-4-19(14)29(27,28)25(18)11-20(26)24-13-6-7-17(23)16(22)10-13/h1-10H,11H2,(H,24,26). The molecular formula is C20H13Cl2FN2O3S. The summed E-state index contributed by atoms with van der Waals surface area (Å²) in [5.74, 6) is -1.22. The lowest BCUT2D eigenvalue weighted by atomic mass is 10.0. The zero-order valence-corrected chi connectivity index (χ0v) is 17.0. The van der Waals surface area contributed by atoms with E-state index in [1.54, 1.807) is 36.4 Å². The Bertz CT molecular complexity index is 1250. The molecule has 0 saturated carbocycles. The van der Waals surface area contributed by atoms with Crippen LogP contribution in [0, 0.1) is 5.82 Å². The van der Waals surface area contributed by atoms with Crippen LogP contribution in [-0.2, 0) is 14.8 Å². The Labute approximate surface area is 176 Å². The van der Waals surface area contributed by atoms with Crippen LogP contribution in [0.2, 0.25) is 10.0 Å². The van der Waals surface area contributed by atoms with Gasteiger partial charge in [-0.1, -0.05) is 41.4 Å².